The van der Waals surface area contributed by atoms with Crippen molar-refractivity contribution in [3.8, 4) is 0 Å². The minimum absolute atomic E-state index is 0.339. The number of likely N-dealkylation sites (N-methyl/N-ethyl adjacent to an activating group) is 1. The van der Waals surface area contributed by atoms with Gasteiger partial charge in [0.15, 0.2) is 0 Å². The predicted octanol–water partition coefficient (Wildman–Crippen LogP) is 2.76. The third-order valence-electron chi connectivity index (χ3n) is 3.36. The highest BCUT2D eigenvalue weighted by Crippen LogP contribution is 2.21. The van der Waals surface area contributed by atoms with Gasteiger partial charge < -0.3 is 14.7 Å². The van der Waals surface area contributed by atoms with Crippen molar-refractivity contribution in [1.29, 1.82) is 0 Å². The van der Waals surface area contributed by atoms with Gasteiger partial charge in [0.2, 0.25) is 0 Å². The molecule has 0 aromatic heterocycles. The monoisotopic (exact) mass is 273 g/mol. The van der Waals surface area contributed by atoms with Crippen molar-refractivity contribution in [2.75, 3.05) is 33.9 Å². The molecular weight excluding hydrogens is 250 g/mol. The molecule has 0 aliphatic carbocycles. The lowest BCUT2D eigenvalue weighted by Crippen LogP contribution is -2.19. The number of ether oxygens (including phenoxy) is 1. The second kappa shape index (κ2) is 6.84. The van der Waals surface area contributed by atoms with Crippen LogP contribution in [0.15, 0.2) is 36.4 Å². The molecule has 0 heterocycles. The molecule has 0 radical (unpaired) electrons. The van der Waals surface area contributed by atoms with Gasteiger partial charge in [-0.25, -0.2) is 0 Å². The van der Waals surface area contributed by atoms with E-state index in [1.807, 2.05) is 26.2 Å². The van der Waals surface area contributed by atoms with Crippen LogP contribution in [0.2, 0.25) is 0 Å². The first-order valence-electron chi connectivity index (χ1n) is 6.97. The maximum absolute atomic E-state index is 10.2. The van der Waals surface area contributed by atoms with E-state index in [-0.39, 0.29) is 0 Å². The second-order valence-corrected chi connectivity index (χ2v) is 5.50. The summed E-state index contributed by atoms with van der Waals surface area (Å²) in [6, 6.07) is 12.4. The van der Waals surface area contributed by atoms with E-state index in [0.717, 1.165) is 17.5 Å². The Bertz CT molecular complexity index is 566. The molecule has 3 heteroatoms. The summed E-state index contributed by atoms with van der Waals surface area (Å²) in [5, 5.41) is 12.5. The molecule has 0 bridgehead atoms. The molecule has 2 aromatic carbocycles. The topological polar surface area (TPSA) is 32.7 Å². The minimum atomic E-state index is -0.567. The third kappa shape index (κ3) is 4.04. The Morgan fingerprint density at radius 3 is 2.55 bits per heavy atom. The van der Waals surface area contributed by atoms with E-state index >= 15 is 0 Å². The highest BCUT2D eigenvalue weighted by Gasteiger charge is 2.08. The number of aryl methyl sites for hydroxylation is 1. The van der Waals surface area contributed by atoms with E-state index < -0.39 is 6.10 Å². The van der Waals surface area contributed by atoms with Crippen molar-refractivity contribution in [2.45, 2.75) is 13.0 Å². The molecule has 108 valence electrons. The number of fused-ring (bicyclic) bond motifs is 1. The standard InChI is InChI=1S/C17H23NO2/c1-13-4-5-15-11-16(7-6-14(15)10-13)17(19)12-20-9-8-18(2)3/h4-7,10-11,17,19H,8-9,12H2,1-3H3/t17-/m0/s1. The van der Waals surface area contributed by atoms with Crippen molar-refractivity contribution in [1.82, 2.24) is 4.90 Å². The highest BCUT2D eigenvalue weighted by molar-refractivity contribution is 5.83. The Labute approximate surface area is 120 Å². The first-order valence-corrected chi connectivity index (χ1v) is 6.97. The average Bonchev–Trinajstić information content (AvgIpc) is 2.42. The highest BCUT2D eigenvalue weighted by atomic mass is 16.5. The molecule has 20 heavy (non-hydrogen) atoms. The van der Waals surface area contributed by atoms with E-state index in [9.17, 15) is 5.11 Å². The minimum Gasteiger partial charge on any atom is -0.386 e. The van der Waals surface area contributed by atoms with Gasteiger partial charge in [0.05, 0.1) is 13.2 Å². The lowest BCUT2D eigenvalue weighted by molar-refractivity contribution is 0.0307. The number of rotatable bonds is 6. The van der Waals surface area contributed by atoms with Gasteiger partial charge in [0, 0.05) is 6.54 Å². The maximum Gasteiger partial charge on any atom is 0.102 e. The van der Waals surface area contributed by atoms with Crippen molar-refractivity contribution < 1.29 is 9.84 Å². The van der Waals surface area contributed by atoms with Crippen LogP contribution in [0.1, 0.15) is 17.2 Å². The maximum atomic E-state index is 10.2. The van der Waals surface area contributed by atoms with E-state index in [0.29, 0.717) is 13.2 Å². The smallest absolute Gasteiger partial charge is 0.102 e. The van der Waals surface area contributed by atoms with Crippen LogP contribution in [0, 0.1) is 6.92 Å². The van der Waals surface area contributed by atoms with Crippen molar-refractivity contribution in [2.24, 2.45) is 0 Å². The zero-order valence-corrected chi connectivity index (χ0v) is 12.5. The molecule has 1 N–H and O–H groups in total. The Balaban J connectivity index is 1.99. The molecule has 1 atom stereocenters. The van der Waals surface area contributed by atoms with Gasteiger partial charge in [-0.2, -0.15) is 0 Å². The number of hydrogen-bond acceptors (Lipinski definition) is 3. The van der Waals surface area contributed by atoms with Gasteiger partial charge in [-0.05, 0) is 43.4 Å². The largest absolute Gasteiger partial charge is 0.386 e. The fourth-order valence-electron chi connectivity index (χ4n) is 2.13. The van der Waals surface area contributed by atoms with Crippen LogP contribution >= 0.6 is 0 Å². The zero-order valence-electron chi connectivity index (χ0n) is 12.5. The fourth-order valence-corrected chi connectivity index (χ4v) is 2.13. The number of nitrogens with zero attached hydrogens (tertiary/aromatic N) is 1. The number of aliphatic hydroxyl groups excluding tert-OH is 1. The molecular formula is C17H23NO2. The Kier molecular flexibility index (Phi) is 5.12. The van der Waals surface area contributed by atoms with E-state index in [4.69, 9.17) is 4.74 Å². The van der Waals surface area contributed by atoms with Crippen LogP contribution in [-0.4, -0.2) is 43.9 Å². The SMILES string of the molecule is Cc1ccc2cc([C@@H](O)COCCN(C)C)ccc2c1. The van der Waals surface area contributed by atoms with Crippen LogP contribution in [0.3, 0.4) is 0 Å². The fraction of sp³-hybridized carbons (Fsp3) is 0.412. The zero-order chi connectivity index (χ0) is 14.5. The Hall–Kier alpha value is -1.42. The number of hydrogen-bond donors (Lipinski definition) is 1. The summed E-state index contributed by atoms with van der Waals surface area (Å²) < 4.78 is 5.50. The van der Waals surface area contributed by atoms with Crippen LogP contribution in [0.4, 0.5) is 0 Å². The van der Waals surface area contributed by atoms with Crippen LogP contribution in [0.5, 0.6) is 0 Å². The molecule has 2 aromatic rings. The predicted molar refractivity (Wildman–Crippen MR) is 83.0 cm³/mol. The normalized spacial score (nSPS) is 13.1. The molecule has 0 aliphatic rings. The quantitative estimate of drug-likeness (QED) is 0.822. The second-order valence-electron chi connectivity index (χ2n) is 5.50. The van der Waals surface area contributed by atoms with Gasteiger partial charge in [-0.1, -0.05) is 35.9 Å². The van der Waals surface area contributed by atoms with Gasteiger partial charge in [-0.3, -0.25) is 0 Å². The number of aliphatic hydroxyl groups is 1. The summed E-state index contributed by atoms with van der Waals surface area (Å²) in [5.74, 6) is 0. The Morgan fingerprint density at radius 2 is 1.80 bits per heavy atom. The first kappa shape index (κ1) is 15.0. The molecule has 0 saturated heterocycles. The van der Waals surface area contributed by atoms with Crippen molar-refractivity contribution in [3.63, 3.8) is 0 Å². The van der Waals surface area contributed by atoms with Gasteiger partial charge in [0.25, 0.3) is 0 Å². The van der Waals surface area contributed by atoms with Gasteiger partial charge in [0.1, 0.15) is 6.10 Å². The summed E-state index contributed by atoms with van der Waals surface area (Å²) in [6.45, 7) is 3.92. The van der Waals surface area contributed by atoms with Crippen molar-refractivity contribution in [3.05, 3.63) is 47.5 Å². The van der Waals surface area contributed by atoms with Crippen molar-refractivity contribution >= 4 is 10.8 Å². The van der Waals surface area contributed by atoms with Crippen LogP contribution < -0.4 is 0 Å². The third-order valence-corrected chi connectivity index (χ3v) is 3.36. The van der Waals surface area contributed by atoms with Gasteiger partial charge >= 0.3 is 0 Å². The van der Waals surface area contributed by atoms with Crippen LogP contribution in [-0.2, 0) is 4.74 Å². The van der Waals surface area contributed by atoms with Gasteiger partial charge in [-0.15, -0.1) is 0 Å². The molecule has 2 rings (SSSR count). The Morgan fingerprint density at radius 1 is 1.10 bits per heavy atom. The lowest BCUT2D eigenvalue weighted by atomic mass is 10.0. The molecule has 0 amide bonds. The summed E-state index contributed by atoms with van der Waals surface area (Å²) in [4.78, 5) is 2.06. The molecule has 3 nitrogen and oxygen atoms in total. The summed E-state index contributed by atoms with van der Waals surface area (Å²) in [5.41, 5.74) is 2.16. The van der Waals surface area contributed by atoms with E-state index in [1.54, 1.807) is 0 Å². The van der Waals surface area contributed by atoms with E-state index in [2.05, 4.69) is 36.1 Å². The van der Waals surface area contributed by atoms with Crippen LogP contribution in [0.25, 0.3) is 10.8 Å². The molecule has 0 unspecified atom stereocenters. The summed E-state index contributed by atoms with van der Waals surface area (Å²) in [6.07, 6.45) is -0.567. The number of benzene rings is 2. The molecule has 0 aliphatic heterocycles. The summed E-state index contributed by atoms with van der Waals surface area (Å²) >= 11 is 0. The van der Waals surface area contributed by atoms with E-state index in [1.165, 1.54) is 10.9 Å². The molecule has 0 saturated carbocycles. The summed E-state index contributed by atoms with van der Waals surface area (Å²) in [7, 11) is 4.01. The molecule has 0 fully saturated rings. The average molecular weight is 273 g/mol. The molecule has 0 spiro atoms. The first-order chi connectivity index (χ1) is 9.56. The lowest BCUT2D eigenvalue weighted by Gasteiger charge is -2.14.